The van der Waals surface area contributed by atoms with E-state index < -0.39 is 0 Å². The summed E-state index contributed by atoms with van der Waals surface area (Å²) in [6, 6.07) is 3.49. The third-order valence-electron chi connectivity index (χ3n) is 3.36. The number of fused-ring (bicyclic) bond motifs is 1. The van der Waals surface area contributed by atoms with Crippen molar-refractivity contribution in [1.29, 1.82) is 0 Å². The highest BCUT2D eigenvalue weighted by Crippen LogP contribution is 2.23. The Hall–Kier alpha value is -1.79. The summed E-state index contributed by atoms with van der Waals surface area (Å²) in [7, 11) is 0. The molecular weight excluding hydrogens is 294 g/mol. The van der Waals surface area contributed by atoms with Gasteiger partial charge in [0.15, 0.2) is 0 Å². The summed E-state index contributed by atoms with van der Waals surface area (Å²) in [6.45, 7) is 5.03. The van der Waals surface area contributed by atoms with E-state index in [0.717, 1.165) is 18.9 Å². The Bertz CT molecular complexity index is 665. The Morgan fingerprint density at radius 3 is 2.90 bits per heavy atom. The lowest BCUT2D eigenvalue weighted by Crippen LogP contribution is -2.37. The first-order chi connectivity index (χ1) is 10.2. The first-order valence-corrected chi connectivity index (χ1v) is 7.25. The van der Waals surface area contributed by atoms with E-state index in [-0.39, 0.29) is 5.97 Å². The molecule has 0 N–H and O–H groups in total. The molecule has 1 aliphatic rings. The molecule has 0 amide bonds. The van der Waals surface area contributed by atoms with Gasteiger partial charge in [0.05, 0.1) is 25.4 Å². The van der Waals surface area contributed by atoms with E-state index in [1.165, 1.54) is 0 Å². The van der Waals surface area contributed by atoms with E-state index in [2.05, 4.69) is 9.88 Å². The number of carbonyl (C=O) groups excluding carboxylic acids is 1. The van der Waals surface area contributed by atoms with Gasteiger partial charge >= 0.3 is 5.97 Å². The highest BCUT2D eigenvalue weighted by atomic mass is 35.5. The van der Waals surface area contributed by atoms with E-state index >= 15 is 0 Å². The predicted octanol–water partition coefficient (Wildman–Crippen LogP) is 2.00. The van der Waals surface area contributed by atoms with Crippen molar-refractivity contribution in [2.75, 3.05) is 37.8 Å². The van der Waals surface area contributed by atoms with Gasteiger partial charge < -0.3 is 14.4 Å². The van der Waals surface area contributed by atoms with Crippen LogP contribution in [0.4, 0.5) is 5.82 Å². The van der Waals surface area contributed by atoms with Crippen molar-refractivity contribution in [1.82, 2.24) is 9.38 Å². The summed E-state index contributed by atoms with van der Waals surface area (Å²) >= 11 is 6.09. The molecule has 0 spiro atoms. The van der Waals surface area contributed by atoms with Crippen LogP contribution in [-0.4, -0.2) is 48.3 Å². The summed E-state index contributed by atoms with van der Waals surface area (Å²) in [4.78, 5) is 18.3. The monoisotopic (exact) mass is 309 g/mol. The summed E-state index contributed by atoms with van der Waals surface area (Å²) in [5.41, 5.74) is 1.10. The number of ether oxygens (including phenoxy) is 2. The molecule has 0 saturated carbocycles. The van der Waals surface area contributed by atoms with Crippen LogP contribution in [0.5, 0.6) is 0 Å². The quantitative estimate of drug-likeness (QED) is 0.641. The highest BCUT2D eigenvalue weighted by Gasteiger charge is 2.18. The van der Waals surface area contributed by atoms with Crippen molar-refractivity contribution < 1.29 is 14.3 Å². The second-order valence-corrected chi connectivity index (χ2v) is 5.10. The van der Waals surface area contributed by atoms with E-state index in [4.69, 9.17) is 21.1 Å². The predicted molar refractivity (Wildman–Crippen MR) is 79.2 cm³/mol. The molecule has 0 unspecified atom stereocenters. The molecule has 1 aliphatic heterocycles. The van der Waals surface area contributed by atoms with Crippen LogP contribution in [0.2, 0.25) is 5.15 Å². The van der Waals surface area contributed by atoms with Crippen LogP contribution in [0.1, 0.15) is 17.3 Å². The number of carbonyl (C=O) groups is 1. The maximum Gasteiger partial charge on any atom is 0.339 e. The number of hydrogen-bond acceptors (Lipinski definition) is 5. The van der Waals surface area contributed by atoms with Crippen LogP contribution in [-0.2, 0) is 9.47 Å². The molecule has 0 atom stereocenters. The molecule has 7 heteroatoms. The first-order valence-electron chi connectivity index (χ1n) is 6.87. The fraction of sp³-hybridized carbons (Fsp3) is 0.429. The van der Waals surface area contributed by atoms with Crippen LogP contribution in [0.25, 0.3) is 5.65 Å². The number of hydrogen-bond donors (Lipinski definition) is 0. The minimum absolute atomic E-state index is 0.343. The van der Waals surface area contributed by atoms with Crippen LogP contribution in [0, 0.1) is 0 Å². The van der Waals surface area contributed by atoms with Crippen molar-refractivity contribution in [2.45, 2.75) is 6.92 Å². The van der Waals surface area contributed by atoms with Crippen LogP contribution in [0.3, 0.4) is 0 Å². The Balaban J connectivity index is 2.04. The Morgan fingerprint density at radius 1 is 1.43 bits per heavy atom. The molecule has 3 rings (SSSR count). The standard InChI is InChI=1S/C14H16ClN3O3/c1-2-21-14(19)10-7-12-16-11(15)8-13(18(12)9-10)17-3-5-20-6-4-17/h7-9H,2-6H2,1H3. The molecule has 2 aromatic rings. The third kappa shape index (κ3) is 2.82. The van der Waals surface area contributed by atoms with E-state index in [1.54, 1.807) is 25.3 Å². The third-order valence-corrected chi connectivity index (χ3v) is 3.56. The molecule has 2 aromatic heterocycles. The summed E-state index contributed by atoms with van der Waals surface area (Å²) < 4.78 is 12.3. The van der Waals surface area contributed by atoms with Crippen molar-refractivity contribution in [3.05, 3.63) is 29.0 Å². The van der Waals surface area contributed by atoms with Gasteiger partial charge in [-0.15, -0.1) is 0 Å². The Labute approximate surface area is 127 Å². The van der Waals surface area contributed by atoms with Gasteiger partial charge in [0.2, 0.25) is 0 Å². The number of rotatable bonds is 3. The first kappa shape index (κ1) is 14.2. The van der Waals surface area contributed by atoms with Gasteiger partial charge in [-0.1, -0.05) is 11.6 Å². The van der Waals surface area contributed by atoms with E-state index in [9.17, 15) is 4.79 Å². The van der Waals surface area contributed by atoms with Crippen molar-refractivity contribution >= 4 is 29.0 Å². The number of morpholine rings is 1. The van der Waals surface area contributed by atoms with Gasteiger partial charge in [-0.2, -0.15) is 0 Å². The zero-order chi connectivity index (χ0) is 14.8. The zero-order valence-electron chi connectivity index (χ0n) is 11.7. The van der Waals surface area contributed by atoms with Crippen molar-refractivity contribution in [3.63, 3.8) is 0 Å². The molecule has 3 heterocycles. The van der Waals surface area contributed by atoms with Gasteiger partial charge in [-0.05, 0) is 13.0 Å². The lowest BCUT2D eigenvalue weighted by molar-refractivity contribution is 0.0526. The molecule has 21 heavy (non-hydrogen) atoms. The summed E-state index contributed by atoms with van der Waals surface area (Å²) in [5.74, 6) is 0.552. The molecule has 0 bridgehead atoms. The van der Waals surface area contributed by atoms with Crippen LogP contribution in [0.15, 0.2) is 18.3 Å². The highest BCUT2D eigenvalue weighted by molar-refractivity contribution is 6.29. The van der Waals surface area contributed by atoms with Crippen LogP contribution >= 0.6 is 11.6 Å². The van der Waals surface area contributed by atoms with Crippen LogP contribution < -0.4 is 4.90 Å². The van der Waals surface area contributed by atoms with Crippen molar-refractivity contribution in [3.8, 4) is 0 Å². The lowest BCUT2D eigenvalue weighted by atomic mass is 10.3. The van der Waals surface area contributed by atoms with Gasteiger partial charge in [-0.25, -0.2) is 9.78 Å². The number of nitrogens with zero attached hydrogens (tertiary/aromatic N) is 3. The minimum Gasteiger partial charge on any atom is -0.462 e. The normalized spacial score (nSPS) is 15.4. The molecule has 1 fully saturated rings. The van der Waals surface area contributed by atoms with Crippen molar-refractivity contribution in [2.24, 2.45) is 0 Å². The smallest absolute Gasteiger partial charge is 0.339 e. The minimum atomic E-state index is -0.355. The molecule has 112 valence electrons. The number of aromatic nitrogens is 2. The zero-order valence-corrected chi connectivity index (χ0v) is 12.5. The largest absolute Gasteiger partial charge is 0.462 e. The van der Waals surface area contributed by atoms with Gasteiger partial charge in [0.1, 0.15) is 16.6 Å². The van der Waals surface area contributed by atoms with Gasteiger partial charge in [-0.3, -0.25) is 4.40 Å². The molecule has 0 aliphatic carbocycles. The van der Waals surface area contributed by atoms with E-state index in [0.29, 0.717) is 36.2 Å². The maximum atomic E-state index is 11.9. The second kappa shape index (κ2) is 5.91. The molecular formula is C14H16ClN3O3. The topological polar surface area (TPSA) is 56.1 Å². The average Bonchev–Trinajstić information content (AvgIpc) is 2.91. The molecule has 0 radical (unpaired) electrons. The van der Waals surface area contributed by atoms with Gasteiger partial charge in [0.25, 0.3) is 0 Å². The maximum absolute atomic E-state index is 11.9. The van der Waals surface area contributed by atoms with Gasteiger partial charge in [0, 0.05) is 25.4 Å². The molecule has 0 aromatic carbocycles. The van der Waals surface area contributed by atoms with E-state index in [1.807, 2.05) is 4.40 Å². The number of halogens is 1. The lowest BCUT2D eigenvalue weighted by Gasteiger charge is -2.29. The molecule has 6 nitrogen and oxygen atoms in total. The second-order valence-electron chi connectivity index (χ2n) is 4.71. The Kier molecular flexibility index (Phi) is 3.98. The summed E-state index contributed by atoms with van der Waals surface area (Å²) in [6.07, 6.45) is 1.74. The fourth-order valence-corrected chi connectivity index (χ4v) is 2.58. The fourth-order valence-electron chi connectivity index (χ4n) is 2.40. The SMILES string of the molecule is CCOC(=O)c1cc2nc(Cl)cc(N3CCOCC3)n2c1. The Morgan fingerprint density at radius 2 is 2.19 bits per heavy atom. The number of anilines is 1. The number of esters is 1. The summed E-state index contributed by atoms with van der Waals surface area (Å²) in [5, 5.41) is 0.400. The average molecular weight is 310 g/mol. The molecule has 1 saturated heterocycles.